The van der Waals surface area contributed by atoms with Gasteiger partial charge in [-0.3, -0.25) is 4.72 Å². The molecule has 1 saturated carbocycles. The smallest absolute Gasteiger partial charge is 0.281 e. The van der Waals surface area contributed by atoms with E-state index in [1.807, 2.05) is 0 Å². The van der Waals surface area contributed by atoms with Gasteiger partial charge in [0.1, 0.15) is 10.3 Å². The van der Waals surface area contributed by atoms with Crippen LogP contribution in [0.3, 0.4) is 0 Å². The van der Waals surface area contributed by atoms with Gasteiger partial charge in [0.15, 0.2) is 0 Å². The Morgan fingerprint density at radius 3 is 2.39 bits per heavy atom. The van der Waals surface area contributed by atoms with Crippen molar-refractivity contribution in [3.05, 3.63) is 22.4 Å². The van der Waals surface area contributed by atoms with E-state index in [2.05, 4.69) is 25.6 Å². The maximum Gasteiger partial charge on any atom is 0.433 e. The number of anilines is 1. The molecule has 1 aliphatic carbocycles. The number of aromatic nitrogens is 1. The van der Waals surface area contributed by atoms with Gasteiger partial charge in [0.25, 0.3) is 0 Å². The Balaban J connectivity index is 2.25. The molecule has 0 unspecified atom stereocenters. The summed E-state index contributed by atoms with van der Waals surface area (Å²) in [6.07, 6.45) is -3.42. The normalized spacial score (nSPS) is 16.7. The zero-order valence-electron chi connectivity index (χ0n) is 8.83. The summed E-state index contributed by atoms with van der Waals surface area (Å²) in [6.45, 7) is 0. The Kier molecular flexibility index (Phi) is 3.30. The van der Waals surface area contributed by atoms with Gasteiger partial charge in [0.05, 0.1) is 10.9 Å². The summed E-state index contributed by atoms with van der Waals surface area (Å²) in [6, 6.07) is 1.77. The Bertz CT molecular complexity index is 570. The van der Waals surface area contributed by atoms with Crippen LogP contribution in [0, 0.1) is 0 Å². The van der Waals surface area contributed by atoms with Gasteiger partial charge in [0.2, 0.25) is 10.0 Å². The van der Waals surface area contributed by atoms with E-state index < -0.39 is 27.1 Å². The average Bonchev–Trinajstić information content (AvgIpc) is 3.02. The molecule has 1 aromatic heterocycles. The number of pyridine rings is 1. The first-order valence-corrected chi connectivity index (χ1v) is 7.29. The highest BCUT2D eigenvalue weighted by Gasteiger charge is 2.37. The third-order valence-corrected chi connectivity index (χ3v) is 4.81. The molecule has 0 bridgehead atoms. The Morgan fingerprint density at radius 2 is 1.94 bits per heavy atom. The van der Waals surface area contributed by atoms with Crippen LogP contribution < -0.4 is 4.72 Å². The molecule has 0 aromatic carbocycles. The molecular formula is C9H8BrF3N2O2S. The number of nitrogens with one attached hydrogen (secondary N) is 1. The molecule has 100 valence electrons. The van der Waals surface area contributed by atoms with E-state index in [-0.39, 0.29) is 10.3 Å². The van der Waals surface area contributed by atoms with Crippen molar-refractivity contribution >= 4 is 31.6 Å². The Labute approximate surface area is 110 Å². The van der Waals surface area contributed by atoms with E-state index in [4.69, 9.17) is 0 Å². The largest absolute Gasteiger partial charge is 0.433 e. The first-order chi connectivity index (χ1) is 8.20. The van der Waals surface area contributed by atoms with E-state index in [0.29, 0.717) is 12.8 Å². The van der Waals surface area contributed by atoms with E-state index >= 15 is 0 Å². The van der Waals surface area contributed by atoms with Crippen molar-refractivity contribution in [2.45, 2.75) is 24.3 Å². The molecule has 1 aromatic rings. The monoisotopic (exact) mass is 344 g/mol. The lowest BCUT2D eigenvalue weighted by Crippen LogP contribution is -2.18. The number of halogens is 4. The van der Waals surface area contributed by atoms with Gasteiger partial charge in [-0.05, 0) is 40.9 Å². The van der Waals surface area contributed by atoms with Crippen LogP contribution >= 0.6 is 15.9 Å². The molecule has 9 heteroatoms. The molecule has 1 fully saturated rings. The molecule has 0 spiro atoms. The first-order valence-electron chi connectivity index (χ1n) is 4.95. The molecule has 1 N–H and O–H groups in total. The van der Waals surface area contributed by atoms with Crippen LogP contribution in [0.2, 0.25) is 0 Å². The minimum absolute atomic E-state index is 0.00917. The minimum atomic E-state index is -4.56. The summed E-state index contributed by atoms with van der Waals surface area (Å²) in [5.41, 5.74) is -1.07. The summed E-state index contributed by atoms with van der Waals surface area (Å²) in [5, 5.41) is -0.452. The number of sulfonamides is 1. The summed E-state index contributed by atoms with van der Waals surface area (Å²) in [5.74, 6) is 0. The van der Waals surface area contributed by atoms with E-state index in [1.54, 1.807) is 0 Å². The standard InChI is InChI=1S/C9H8BrF3N2O2S/c10-8-6(15-18(16,17)5-1-2-5)3-4-7(14-8)9(11,12)13/h3-5,15H,1-2H2. The molecular weight excluding hydrogens is 337 g/mol. The van der Waals surface area contributed by atoms with Crippen LogP contribution in [-0.2, 0) is 16.2 Å². The van der Waals surface area contributed by atoms with Crippen LogP contribution in [0.15, 0.2) is 16.7 Å². The lowest BCUT2D eigenvalue weighted by Gasteiger charge is -2.11. The number of hydrogen-bond acceptors (Lipinski definition) is 3. The van der Waals surface area contributed by atoms with Gasteiger partial charge in [-0.2, -0.15) is 13.2 Å². The molecule has 2 rings (SSSR count). The summed E-state index contributed by atoms with van der Waals surface area (Å²) in [7, 11) is -3.51. The minimum Gasteiger partial charge on any atom is -0.281 e. The molecule has 1 aliphatic rings. The number of rotatable bonds is 3. The quantitative estimate of drug-likeness (QED) is 0.857. The molecule has 0 aliphatic heterocycles. The Hall–Kier alpha value is -0.830. The predicted octanol–water partition coefficient (Wildman–Crippen LogP) is 2.77. The SMILES string of the molecule is O=S(=O)(Nc1ccc(C(F)(F)F)nc1Br)C1CC1. The van der Waals surface area contributed by atoms with E-state index in [0.717, 1.165) is 12.1 Å². The summed E-state index contributed by atoms with van der Waals surface area (Å²) >= 11 is 2.82. The lowest BCUT2D eigenvalue weighted by molar-refractivity contribution is -0.141. The molecule has 0 radical (unpaired) electrons. The van der Waals surface area contributed by atoms with Crippen molar-refractivity contribution in [1.82, 2.24) is 4.98 Å². The van der Waals surface area contributed by atoms with Crippen molar-refractivity contribution in [2.75, 3.05) is 4.72 Å². The number of hydrogen-bond donors (Lipinski definition) is 1. The zero-order valence-corrected chi connectivity index (χ0v) is 11.2. The summed E-state index contributed by atoms with van der Waals surface area (Å²) in [4.78, 5) is 3.27. The summed E-state index contributed by atoms with van der Waals surface area (Å²) < 4.78 is 62.3. The number of alkyl halides is 3. The van der Waals surface area contributed by atoms with Crippen LogP contribution in [0.5, 0.6) is 0 Å². The fourth-order valence-electron chi connectivity index (χ4n) is 1.28. The highest BCUT2D eigenvalue weighted by molar-refractivity contribution is 9.10. The van der Waals surface area contributed by atoms with E-state index in [9.17, 15) is 21.6 Å². The van der Waals surface area contributed by atoms with Crippen molar-refractivity contribution < 1.29 is 21.6 Å². The van der Waals surface area contributed by atoms with Gasteiger partial charge in [0, 0.05) is 0 Å². The van der Waals surface area contributed by atoms with Gasteiger partial charge < -0.3 is 0 Å². The lowest BCUT2D eigenvalue weighted by atomic mass is 10.3. The fourth-order valence-corrected chi connectivity index (χ4v) is 3.23. The molecule has 0 atom stereocenters. The number of nitrogens with zero attached hydrogens (tertiary/aromatic N) is 1. The zero-order chi connectivity index (χ0) is 13.6. The molecule has 4 nitrogen and oxygen atoms in total. The average molecular weight is 345 g/mol. The van der Waals surface area contributed by atoms with Crippen LogP contribution in [-0.4, -0.2) is 18.7 Å². The highest BCUT2D eigenvalue weighted by Crippen LogP contribution is 2.34. The molecule has 0 saturated heterocycles. The van der Waals surface area contributed by atoms with Gasteiger partial charge >= 0.3 is 6.18 Å². The maximum atomic E-state index is 12.4. The highest BCUT2D eigenvalue weighted by atomic mass is 79.9. The van der Waals surface area contributed by atoms with Crippen LogP contribution in [0.1, 0.15) is 18.5 Å². The third-order valence-electron chi connectivity index (χ3n) is 2.35. The molecule has 18 heavy (non-hydrogen) atoms. The van der Waals surface area contributed by atoms with E-state index in [1.165, 1.54) is 0 Å². The first kappa shape index (κ1) is 13.6. The van der Waals surface area contributed by atoms with Gasteiger partial charge in [-0.15, -0.1) is 0 Å². The topological polar surface area (TPSA) is 59.1 Å². The molecule has 1 heterocycles. The van der Waals surface area contributed by atoms with Crippen molar-refractivity contribution in [3.63, 3.8) is 0 Å². The fraction of sp³-hybridized carbons (Fsp3) is 0.444. The van der Waals surface area contributed by atoms with Gasteiger partial charge in [-0.1, -0.05) is 0 Å². The Morgan fingerprint density at radius 1 is 1.33 bits per heavy atom. The second-order valence-corrected chi connectivity index (χ2v) is 6.59. The van der Waals surface area contributed by atoms with Crippen LogP contribution in [0.4, 0.5) is 18.9 Å². The second kappa shape index (κ2) is 4.37. The van der Waals surface area contributed by atoms with Crippen molar-refractivity contribution in [1.29, 1.82) is 0 Å². The van der Waals surface area contributed by atoms with Crippen molar-refractivity contribution in [3.8, 4) is 0 Å². The van der Waals surface area contributed by atoms with Crippen molar-refractivity contribution in [2.24, 2.45) is 0 Å². The third kappa shape index (κ3) is 2.94. The van der Waals surface area contributed by atoms with Crippen LogP contribution in [0.25, 0.3) is 0 Å². The molecule has 0 amide bonds. The van der Waals surface area contributed by atoms with Gasteiger partial charge in [-0.25, -0.2) is 13.4 Å². The predicted molar refractivity (Wildman–Crippen MR) is 62.5 cm³/mol. The maximum absolute atomic E-state index is 12.4. The second-order valence-electron chi connectivity index (χ2n) is 3.88.